The van der Waals surface area contributed by atoms with E-state index in [1.165, 1.54) is 18.5 Å². The number of likely N-dealkylation sites (tertiary alicyclic amines) is 1. The van der Waals surface area contributed by atoms with Gasteiger partial charge in [-0.1, -0.05) is 29.8 Å². The van der Waals surface area contributed by atoms with Gasteiger partial charge in [0.15, 0.2) is 0 Å². The maximum atomic E-state index is 6.13. The Balaban J connectivity index is 1.14. The molecule has 0 saturated carbocycles. The van der Waals surface area contributed by atoms with Crippen LogP contribution >= 0.6 is 11.6 Å². The molecule has 6 heteroatoms. The van der Waals surface area contributed by atoms with Crippen molar-refractivity contribution >= 4 is 11.6 Å². The Labute approximate surface area is 205 Å². The lowest BCUT2D eigenvalue weighted by atomic mass is 9.94. The van der Waals surface area contributed by atoms with Crippen LogP contribution in [0.15, 0.2) is 73.3 Å². The number of aromatic amines is 1. The highest BCUT2D eigenvalue weighted by molar-refractivity contribution is 6.30. The molecule has 0 radical (unpaired) electrons. The number of benzene rings is 2. The second kappa shape index (κ2) is 10.4. The molecule has 174 valence electrons. The van der Waals surface area contributed by atoms with Crippen LogP contribution in [0.25, 0.3) is 22.4 Å². The Kier molecular flexibility index (Phi) is 6.93. The molecular formula is C28H29ClN4O. The van der Waals surface area contributed by atoms with E-state index in [4.69, 9.17) is 16.3 Å². The SMILES string of the molecule is Cc1cc(-c2ccc(-c3ccc(Cl)cc3)cn2)ccc1OCCN1CCC(c2cnc[nH]2)CC1. The number of halogens is 1. The summed E-state index contributed by atoms with van der Waals surface area (Å²) >= 11 is 5.99. The molecule has 0 atom stereocenters. The molecule has 3 heterocycles. The molecule has 0 spiro atoms. The predicted octanol–water partition coefficient (Wildman–Crippen LogP) is 6.36. The molecule has 1 N–H and O–H groups in total. The fourth-order valence-corrected chi connectivity index (χ4v) is 4.72. The molecule has 0 unspecified atom stereocenters. The minimum Gasteiger partial charge on any atom is -0.492 e. The standard InChI is InChI=1S/C28H29ClN4O/c1-20-16-23(26-8-4-24(17-31-26)21-2-6-25(29)7-3-21)5-9-28(20)34-15-14-33-12-10-22(11-13-33)27-18-30-19-32-27/h2-9,16-19,22H,10-15H2,1H3,(H,30,32). The number of hydrogen-bond acceptors (Lipinski definition) is 4. The van der Waals surface area contributed by atoms with Crippen LogP contribution in [0.2, 0.25) is 5.02 Å². The van der Waals surface area contributed by atoms with E-state index in [9.17, 15) is 0 Å². The molecule has 2 aromatic carbocycles. The van der Waals surface area contributed by atoms with Gasteiger partial charge in [0.1, 0.15) is 12.4 Å². The Morgan fingerprint density at radius 3 is 2.41 bits per heavy atom. The lowest BCUT2D eigenvalue weighted by molar-refractivity contribution is 0.172. The van der Waals surface area contributed by atoms with Gasteiger partial charge in [-0.3, -0.25) is 9.88 Å². The van der Waals surface area contributed by atoms with Crippen molar-refractivity contribution < 1.29 is 4.74 Å². The zero-order valence-corrected chi connectivity index (χ0v) is 20.1. The summed E-state index contributed by atoms with van der Waals surface area (Å²) in [5.74, 6) is 1.54. The Morgan fingerprint density at radius 1 is 0.971 bits per heavy atom. The van der Waals surface area contributed by atoms with Crippen molar-refractivity contribution in [1.82, 2.24) is 19.9 Å². The van der Waals surface area contributed by atoms with Crippen molar-refractivity contribution in [3.05, 3.63) is 89.6 Å². The van der Waals surface area contributed by atoms with Crippen LogP contribution in [0.5, 0.6) is 5.75 Å². The Hall–Kier alpha value is -3.15. The van der Waals surface area contributed by atoms with Crippen LogP contribution in [0.3, 0.4) is 0 Å². The fourth-order valence-electron chi connectivity index (χ4n) is 4.59. The summed E-state index contributed by atoms with van der Waals surface area (Å²) in [7, 11) is 0. The zero-order chi connectivity index (χ0) is 23.3. The summed E-state index contributed by atoms with van der Waals surface area (Å²) in [4.78, 5) is 14.6. The average Bonchev–Trinajstić information content (AvgIpc) is 3.41. The maximum Gasteiger partial charge on any atom is 0.122 e. The number of nitrogens with zero attached hydrogens (tertiary/aromatic N) is 3. The van der Waals surface area contributed by atoms with Crippen LogP contribution in [0, 0.1) is 6.92 Å². The molecule has 1 saturated heterocycles. The Bertz CT molecular complexity index is 1200. The van der Waals surface area contributed by atoms with Crippen LogP contribution in [-0.2, 0) is 0 Å². The van der Waals surface area contributed by atoms with Crippen molar-refractivity contribution in [2.75, 3.05) is 26.2 Å². The average molecular weight is 473 g/mol. The van der Waals surface area contributed by atoms with Gasteiger partial charge in [0.05, 0.1) is 12.0 Å². The summed E-state index contributed by atoms with van der Waals surface area (Å²) in [6, 6.07) is 18.3. The predicted molar refractivity (Wildman–Crippen MR) is 137 cm³/mol. The van der Waals surface area contributed by atoms with Gasteiger partial charge in [-0.2, -0.15) is 0 Å². The highest BCUT2D eigenvalue weighted by Gasteiger charge is 2.21. The van der Waals surface area contributed by atoms with E-state index in [0.29, 0.717) is 12.5 Å². The van der Waals surface area contributed by atoms with Crippen molar-refractivity contribution in [3.8, 4) is 28.1 Å². The van der Waals surface area contributed by atoms with Gasteiger partial charge in [-0.25, -0.2) is 4.98 Å². The van der Waals surface area contributed by atoms with Gasteiger partial charge in [-0.05, 0) is 80.4 Å². The summed E-state index contributed by atoms with van der Waals surface area (Å²) in [6.45, 7) is 5.94. The Morgan fingerprint density at radius 2 is 1.74 bits per heavy atom. The van der Waals surface area contributed by atoms with Crippen LogP contribution in [0.1, 0.15) is 30.0 Å². The number of rotatable bonds is 7. The molecule has 1 aliphatic rings. The molecule has 1 fully saturated rings. The van der Waals surface area contributed by atoms with Crippen LogP contribution in [0.4, 0.5) is 0 Å². The minimum absolute atomic E-state index is 0.600. The van der Waals surface area contributed by atoms with Crippen molar-refractivity contribution in [2.24, 2.45) is 0 Å². The van der Waals surface area contributed by atoms with Crippen molar-refractivity contribution in [3.63, 3.8) is 0 Å². The molecule has 0 amide bonds. The van der Waals surface area contributed by atoms with E-state index in [1.54, 1.807) is 6.33 Å². The largest absolute Gasteiger partial charge is 0.492 e. The smallest absolute Gasteiger partial charge is 0.122 e. The molecule has 2 aromatic heterocycles. The van der Waals surface area contributed by atoms with E-state index < -0.39 is 0 Å². The van der Waals surface area contributed by atoms with Crippen molar-refractivity contribution in [2.45, 2.75) is 25.7 Å². The number of imidazole rings is 1. The topological polar surface area (TPSA) is 54.0 Å². The lowest BCUT2D eigenvalue weighted by Gasteiger charge is -2.31. The number of aromatic nitrogens is 3. The van der Waals surface area contributed by atoms with E-state index in [2.05, 4.69) is 57.1 Å². The van der Waals surface area contributed by atoms with Crippen LogP contribution in [-0.4, -0.2) is 46.1 Å². The second-order valence-corrected chi connectivity index (χ2v) is 9.33. The zero-order valence-electron chi connectivity index (χ0n) is 19.4. The highest BCUT2D eigenvalue weighted by Crippen LogP contribution is 2.28. The first kappa shape index (κ1) is 22.6. The molecule has 5 rings (SSSR count). The number of nitrogens with one attached hydrogen (secondary N) is 1. The van der Waals surface area contributed by atoms with Gasteiger partial charge in [0, 0.05) is 46.7 Å². The summed E-state index contributed by atoms with van der Waals surface area (Å²) < 4.78 is 6.13. The quantitative estimate of drug-likeness (QED) is 0.340. The monoisotopic (exact) mass is 472 g/mol. The number of piperidine rings is 1. The molecule has 1 aliphatic heterocycles. The molecule has 0 aliphatic carbocycles. The summed E-state index contributed by atoms with van der Waals surface area (Å²) in [5, 5.41) is 0.737. The van der Waals surface area contributed by atoms with Gasteiger partial charge in [-0.15, -0.1) is 0 Å². The summed E-state index contributed by atoms with van der Waals surface area (Å²) in [6.07, 6.45) is 7.97. The number of ether oxygens (including phenoxy) is 1. The van der Waals surface area contributed by atoms with Gasteiger partial charge in [0.2, 0.25) is 0 Å². The number of pyridine rings is 1. The summed E-state index contributed by atoms with van der Waals surface area (Å²) in [5.41, 5.74) is 6.61. The van der Waals surface area contributed by atoms with Gasteiger partial charge in [0.25, 0.3) is 0 Å². The van der Waals surface area contributed by atoms with Gasteiger partial charge >= 0.3 is 0 Å². The van der Waals surface area contributed by atoms with E-state index in [-0.39, 0.29) is 0 Å². The fraction of sp³-hybridized carbons (Fsp3) is 0.286. The molecular weight excluding hydrogens is 444 g/mol. The van der Waals surface area contributed by atoms with Gasteiger partial charge < -0.3 is 9.72 Å². The van der Waals surface area contributed by atoms with E-state index >= 15 is 0 Å². The number of hydrogen-bond donors (Lipinski definition) is 1. The third-order valence-corrected chi connectivity index (χ3v) is 6.88. The lowest BCUT2D eigenvalue weighted by Crippen LogP contribution is -2.36. The van der Waals surface area contributed by atoms with Crippen molar-refractivity contribution in [1.29, 1.82) is 0 Å². The highest BCUT2D eigenvalue weighted by atomic mass is 35.5. The second-order valence-electron chi connectivity index (χ2n) is 8.89. The molecule has 34 heavy (non-hydrogen) atoms. The normalized spacial score (nSPS) is 14.9. The molecule has 4 aromatic rings. The minimum atomic E-state index is 0.600. The molecule has 5 nitrogen and oxygen atoms in total. The first-order valence-electron chi connectivity index (χ1n) is 11.8. The van der Waals surface area contributed by atoms with Crippen LogP contribution < -0.4 is 4.74 Å². The maximum absolute atomic E-state index is 6.13. The number of H-pyrrole nitrogens is 1. The first-order valence-corrected chi connectivity index (χ1v) is 12.2. The third kappa shape index (κ3) is 5.32. The van der Waals surface area contributed by atoms with E-state index in [0.717, 1.165) is 58.4 Å². The van der Waals surface area contributed by atoms with E-state index in [1.807, 2.05) is 36.7 Å². The number of aryl methyl sites for hydroxylation is 1. The first-order chi connectivity index (χ1) is 16.7. The molecule has 0 bridgehead atoms. The third-order valence-electron chi connectivity index (χ3n) is 6.62.